The molecule has 0 aliphatic rings. The fourth-order valence-electron chi connectivity index (χ4n) is 3.94. The van der Waals surface area contributed by atoms with Crippen LogP contribution in [0.3, 0.4) is 0 Å². The third-order valence-electron chi connectivity index (χ3n) is 6.01. The predicted octanol–water partition coefficient (Wildman–Crippen LogP) is 6.03. The minimum atomic E-state index is -3.17. The van der Waals surface area contributed by atoms with Crippen LogP contribution in [0.1, 0.15) is 92.6 Å². The van der Waals surface area contributed by atoms with Gasteiger partial charge in [0.25, 0.3) is 5.91 Å². The van der Waals surface area contributed by atoms with Crippen LogP contribution in [-0.4, -0.2) is 27.1 Å². The largest absolute Gasteiger partial charge is 0.352 e. The van der Waals surface area contributed by atoms with Crippen molar-refractivity contribution < 1.29 is 13.2 Å². The molecule has 0 saturated carbocycles. The lowest BCUT2D eigenvalue weighted by Crippen LogP contribution is -2.24. The number of rotatable bonds is 17. The zero-order valence-electron chi connectivity index (χ0n) is 20.9. The van der Waals surface area contributed by atoms with E-state index in [0.717, 1.165) is 24.1 Å². The Morgan fingerprint density at radius 3 is 1.97 bits per heavy atom. The molecule has 2 aromatic carbocycles. The van der Waals surface area contributed by atoms with E-state index in [9.17, 15) is 13.2 Å². The van der Waals surface area contributed by atoms with E-state index >= 15 is 0 Å². The molecule has 0 radical (unpaired) electrons. The van der Waals surface area contributed by atoms with Gasteiger partial charge >= 0.3 is 0 Å². The van der Waals surface area contributed by atoms with Crippen LogP contribution in [-0.2, 0) is 22.9 Å². The molecule has 0 heterocycles. The van der Waals surface area contributed by atoms with Gasteiger partial charge in [0, 0.05) is 31.5 Å². The number of amides is 1. The number of benzene rings is 2. The summed E-state index contributed by atoms with van der Waals surface area (Å²) in [6.07, 6.45) is 14.1. The molecule has 0 fully saturated rings. The Kier molecular flexibility index (Phi) is 12.9. The van der Waals surface area contributed by atoms with Gasteiger partial charge < -0.3 is 10.6 Å². The van der Waals surface area contributed by atoms with Crippen LogP contribution in [0.4, 0.5) is 0 Å². The van der Waals surface area contributed by atoms with Gasteiger partial charge in [-0.25, -0.2) is 8.42 Å². The summed E-state index contributed by atoms with van der Waals surface area (Å²) in [5.74, 6) is -0.0193. The van der Waals surface area contributed by atoms with Crippen molar-refractivity contribution in [3.8, 4) is 0 Å². The number of sulfone groups is 1. The standard InChI is InChI=1S/C28H42N2O3S/c1-3-4-5-6-7-8-9-10-11-12-20-30-28(31)26-15-13-14-25(21-26)23-29-22-24-16-18-27(19-17-24)34(2,32)33/h13-19,21,29H,3-12,20,22-23H2,1-2H3,(H,30,31). The number of hydrogen-bond donors (Lipinski definition) is 2. The Morgan fingerprint density at radius 2 is 1.35 bits per heavy atom. The molecule has 0 aliphatic heterocycles. The molecular weight excluding hydrogens is 444 g/mol. The van der Waals surface area contributed by atoms with Crippen LogP contribution in [0.2, 0.25) is 0 Å². The number of nitrogens with one attached hydrogen (secondary N) is 2. The van der Waals surface area contributed by atoms with Crippen molar-refractivity contribution in [1.29, 1.82) is 0 Å². The maximum Gasteiger partial charge on any atom is 0.251 e. The monoisotopic (exact) mass is 486 g/mol. The minimum absolute atomic E-state index is 0.0193. The van der Waals surface area contributed by atoms with Crippen molar-refractivity contribution in [3.63, 3.8) is 0 Å². The molecule has 0 aromatic heterocycles. The molecule has 0 saturated heterocycles. The first-order valence-electron chi connectivity index (χ1n) is 12.8. The Morgan fingerprint density at radius 1 is 0.765 bits per heavy atom. The Balaban J connectivity index is 1.62. The number of carbonyl (C=O) groups is 1. The molecule has 0 unspecified atom stereocenters. The Hall–Kier alpha value is -2.18. The van der Waals surface area contributed by atoms with Gasteiger partial charge in [0.15, 0.2) is 9.84 Å². The normalized spacial score (nSPS) is 11.5. The second-order valence-corrected chi connectivity index (χ2v) is 11.2. The van der Waals surface area contributed by atoms with Gasteiger partial charge in [0.2, 0.25) is 0 Å². The molecule has 1 amide bonds. The van der Waals surface area contributed by atoms with E-state index in [1.54, 1.807) is 12.1 Å². The van der Waals surface area contributed by atoms with E-state index in [4.69, 9.17) is 0 Å². The van der Waals surface area contributed by atoms with Crippen LogP contribution in [0.15, 0.2) is 53.4 Å². The van der Waals surface area contributed by atoms with Gasteiger partial charge in [-0.1, -0.05) is 89.0 Å². The number of hydrogen-bond acceptors (Lipinski definition) is 4. The minimum Gasteiger partial charge on any atom is -0.352 e. The van der Waals surface area contributed by atoms with Crippen molar-refractivity contribution >= 4 is 15.7 Å². The highest BCUT2D eigenvalue weighted by atomic mass is 32.2. The van der Waals surface area contributed by atoms with Crippen LogP contribution < -0.4 is 10.6 Å². The summed E-state index contributed by atoms with van der Waals surface area (Å²) in [7, 11) is -3.17. The quantitative estimate of drug-likeness (QED) is 0.268. The molecule has 2 rings (SSSR count). The summed E-state index contributed by atoms with van der Waals surface area (Å²) >= 11 is 0. The van der Waals surface area contributed by atoms with E-state index in [-0.39, 0.29) is 5.91 Å². The molecule has 0 atom stereocenters. The van der Waals surface area contributed by atoms with Crippen molar-refractivity contribution in [1.82, 2.24) is 10.6 Å². The second-order valence-electron chi connectivity index (χ2n) is 9.16. The first-order valence-corrected chi connectivity index (χ1v) is 14.7. The van der Waals surface area contributed by atoms with Gasteiger partial charge in [0.05, 0.1) is 4.90 Å². The highest BCUT2D eigenvalue weighted by Crippen LogP contribution is 2.12. The molecule has 0 spiro atoms. The lowest BCUT2D eigenvalue weighted by Gasteiger charge is -2.09. The van der Waals surface area contributed by atoms with E-state index in [1.807, 2.05) is 36.4 Å². The molecule has 2 N–H and O–H groups in total. The summed E-state index contributed by atoms with van der Waals surface area (Å²) < 4.78 is 23.1. The van der Waals surface area contributed by atoms with Gasteiger partial charge in [-0.2, -0.15) is 0 Å². The predicted molar refractivity (Wildman–Crippen MR) is 141 cm³/mol. The summed E-state index contributed by atoms with van der Waals surface area (Å²) in [5.41, 5.74) is 2.74. The summed E-state index contributed by atoms with van der Waals surface area (Å²) in [4.78, 5) is 12.8. The first kappa shape index (κ1) is 28.1. The zero-order chi connectivity index (χ0) is 24.7. The van der Waals surface area contributed by atoms with Crippen molar-refractivity contribution in [3.05, 3.63) is 65.2 Å². The average molecular weight is 487 g/mol. The maximum atomic E-state index is 12.5. The number of carbonyl (C=O) groups excluding carboxylic acids is 1. The Labute approximate surface area is 206 Å². The average Bonchev–Trinajstić information content (AvgIpc) is 2.82. The van der Waals surface area contributed by atoms with Gasteiger partial charge in [-0.15, -0.1) is 0 Å². The van der Waals surface area contributed by atoms with Crippen molar-refractivity contribution in [2.75, 3.05) is 12.8 Å². The fraction of sp³-hybridized carbons (Fsp3) is 0.536. The van der Waals surface area contributed by atoms with Gasteiger partial charge in [-0.05, 0) is 41.8 Å². The third kappa shape index (κ3) is 11.3. The van der Waals surface area contributed by atoms with Crippen LogP contribution >= 0.6 is 0 Å². The van der Waals surface area contributed by atoms with Gasteiger partial charge in [0.1, 0.15) is 0 Å². The fourth-order valence-corrected chi connectivity index (χ4v) is 4.58. The molecule has 34 heavy (non-hydrogen) atoms. The van der Waals surface area contributed by atoms with E-state index in [2.05, 4.69) is 17.6 Å². The summed E-state index contributed by atoms with van der Waals surface area (Å²) in [6.45, 7) is 4.23. The third-order valence-corrected chi connectivity index (χ3v) is 7.14. The van der Waals surface area contributed by atoms with Crippen LogP contribution in [0, 0.1) is 0 Å². The SMILES string of the molecule is CCCCCCCCCCCCNC(=O)c1cccc(CNCc2ccc(S(C)(=O)=O)cc2)c1. The Bertz CT molecular complexity index is 956. The lowest BCUT2D eigenvalue weighted by atomic mass is 10.1. The number of unbranched alkanes of at least 4 members (excludes halogenated alkanes) is 9. The first-order chi connectivity index (χ1) is 16.4. The molecular formula is C28H42N2O3S. The zero-order valence-corrected chi connectivity index (χ0v) is 21.8. The molecule has 0 bridgehead atoms. The second kappa shape index (κ2) is 15.7. The van der Waals surface area contributed by atoms with Crippen molar-refractivity contribution in [2.24, 2.45) is 0 Å². The molecule has 0 aliphatic carbocycles. The lowest BCUT2D eigenvalue weighted by molar-refractivity contribution is 0.0952. The summed E-state index contributed by atoms with van der Waals surface area (Å²) in [6, 6.07) is 14.6. The highest BCUT2D eigenvalue weighted by molar-refractivity contribution is 7.90. The maximum absolute atomic E-state index is 12.5. The topological polar surface area (TPSA) is 75.3 Å². The van der Waals surface area contributed by atoms with Gasteiger partial charge in [-0.3, -0.25) is 4.79 Å². The molecule has 5 nitrogen and oxygen atoms in total. The van der Waals surface area contributed by atoms with E-state index < -0.39 is 9.84 Å². The van der Waals surface area contributed by atoms with Crippen LogP contribution in [0.5, 0.6) is 0 Å². The van der Waals surface area contributed by atoms with E-state index in [0.29, 0.717) is 23.5 Å². The highest BCUT2D eigenvalue weighted by Gasteiger charge is 2.07. The molecule has 188 valence electrons. The van der Waals surface area contributed by atoms with E-state index in [1.165, 1.54) is 64.0 Å². The molecule has 2 aromatic rings. The molecule has 6 heteroatoms. The van der Waals surface area contributed by atoms with Crippen LogP contribution in [0.25, 0.3) is 0 Å². The van der Waals surface area contributed by atoms with Crippen molar-refractivity contribution in [2.45, 2.75) is 89.1 Å². The summed E-state index contributed by atoms with van der Waals surface area (Å²) in [5, 5.41) is 6.39. The smallest absolute Gasteiger partial charge is 0.251 e.